The van der Waals surface area contributed by atoms with Gasteiger partial charge in [0, 0.05) is 5.02 Å². The molecule has 2 N–H and O–H groups in total. The molecule has 0 aliphatic carbocycles. The maximum Gasteiger partial charge on any atom is 0.322 e. The Morgan fingerprint density at radius 2 is 2.09 bits per heavy atom. The zero-order valence-electron chi connectivity index (χ0n) is 11.5. The van der Waals surface area contributed by atoms with Crippen LogP contribution in [0.5, 0.6) is 0 Å². The number of carbonyl (C=O) groups excluding carboxylic acids is 1. The van der Waals surface area contributed by atoms with Crippen molar-refractivity contribution in [3.63, 3.8) is 0 Å². The predicted molar refractivity (Wildman–Crippen MR) is 80.7 cm³/mol. The molecule has 1 heterocycles. The van der Waals surface area contributed by atoms with Gasteiger partial charge in [-0.05, 0) is 24.6 Å². The van der Waals surface area contributed by atoms with E-state index in [1.165, 1.54) is 4.68 Å². The summed E-state index contributed by atoms with van der Waals surface area (Å²) < 4.78 is 1.42. The molecule has 1 aromatic carbocycles. The van der Waals surface area contributed by atoms with Crippen molar-refractivity contribution in [3.8, 4) is 5.69 Å². The number of aliphatic carboxylic acids is 1. The molecule has 0 spiro atoms. The largest absolute Gasteiger partial charge is 0.480 e. The summed E-state index contributed by atoms with van der Waals surface area (Å²) in [5, 5.41) is 19.5. The van der Waals surface area contributed by atoms with Gasteiger partial charge in [-0.1, -0.05) is 35.3 Å². The molecule has 0 fully saturated rings. The third kappa shape index (κ3) is 3.37. The smallest absolute Gasteiger partial charge is 0.322 e. The molecule has 22 heavy (non-hydrogen) atoms. The number of carbonyl (C=O) groups is 2. The van der Waals surface area contributed by atoms with Crippen LogP contribution in [0.3, 0.4) is 0 Å². The van der Waals surface area contributed by atoms with E-state index in [0.717, 1.165) is 0 Å². The van der Waals surface area contributed by atoms with E-state index < -0.39 is 18.4 Å². The second-order valence-electron chi connectivity index (χ2n) is 4.32. The van der Waals surface area contributed by atoms with Crippen molar-refractivity contribution in [1.29, 1.82) is 0 Å². The molecule has 0 unspecified atom stereocenters. The minimum atomic E-state index is -1.14. The quantitative estimate of drug-likeness (QED) is 0.865. The Balaban J connectivity index is 2.41. The molecule has 1 amide bonds. The SMILES string of the molecule is CCc1c(C(=O)NCC(=O)O)nnn1-c1cc(Cl)ccc1Cl. The second-order valence-corrected chi connectivity index (χ2v) is 5.17. The number of aromatic nitrogens is 3. The van der Waals surface area contributed by atoms with Crippen molar-refractivity contribution in [1.82, 2.24) is 20.3 Å². The number of nitrogens with zero attached hydrogens (tertiary/aromatic N) is 3. The molecule has 2 aromatic rings. The number of carboxylic acid groups (broad SMARTS) is 1. The van der Waals surface area contributed by atoms with Crippen molar-refractivity contribution < 1.29 is 14.7 Å². The van der Waals surface area contributed by atoms with Gasteiger partial charge in [0.25, 0.3) is 5.91 Å². The summed E-state index contributed by atoms with van der Waals surface area (Å²) in [4.78, 5) is 22.5. The highest BCUT2D eigenvalue weighted by Gasteiger charge is 2.20. The molecular formula is C13H12Cl2N4O3. The molecule has 116 valence electrons. The highest BCUT2D eigenvalue weighted by Crippen LogP contribution is 2.25. The maximum absolute atomic E-state index is 12.0. The van der Waals surface area contributed by atoms with Crippen LogP contribution in [0.1, 0.15) is 23.1 Å². The fourth-order valence-electron chi connectivity index (χ4n) is 1.88. The van der Waals surface area contributed by atoms with Crippen LogP contribution in [0, 0.1) is 0 Å². The maximum atomic E-state index is 12.0. The number of rotatable bonds is 5. The topological polar surface area (TPSA) is 97.1 Å². The number of halogens is 2. The molecule has 2 rings (SSSR count). The molecule has 0 aliphatic rings. The molecule has 0 saturated carbocycles. The number of nitrogens with one attached hydrogen (secondary N) is 1. The van der Waals surface area contributed by atoms with E-state index in [4.69, 9.17) is 28.3 Å². The van der Waals surface area contributed by atoms with Gasteiger partial charge in [0.2, 0.25) is 0 Å². The van der Waals surface area contributed by atoms with Crippen LogP contribution in [-0.2, 0) is 11.2 Å². The third-order valence-corrected chi connectivity index (χ3v) is 3.40. The van der Waals surface area contributed by atoms with E-state index in [2.05, 4.69) is 15.6 Å². The lowest BCUT2D eigenvalue weighted by Crippen LogP contribution is -2.30. The van der Waals surface area contributed by atoms with Crippen molar-refractivity contribution in [2.45, 2.75) is 13.3 Å². The van der Waals surface area contributed by atoms with Crippen LogP contribution in [0.15, 0.2) is 18.2 Å². The first-order valence-corrected chi connectivity index (χ1v) is 7.09. The Morgan fingerprint density at radius 1 is 1.36 bits per heavy atom. The van der Waals surface area contributed by atoms with E-state index in [1.54, 1.807) is 18.2 Å². The van der Waals surface area contributed by atoms with Crippen LogP contribution in [0.4, 0.5) is 0 Å². The van der Waals surface area contributed by atoms with Crippen LogP contribution in [-0.4, -0.2) is 38.5 Å². The fourth-order valence-corrected chi connectivity index (χ4v) is 2.24. The van der Waals surface area contributed by atoms with Gasteiger partial charge in [0.15, 0.2) is 5.69 Å². The van der Waals surface area contributed by atoms with Gasteiger partial charge in [-0.3, -0.25) is 9.59 Å². The van der Waals surface area contributed by atoms with Crippen molar-refractivity contribution in [2.24, 2.45) is 0 Å². The number of benzene rings is 1. The summed E-state index contributed by atoms with van der Waals surface area (Å²) in [7, 11) is 0. The van der Waals surface area contributed by atoms with Crippen molar-refractivity contribution in [3.05, 3.63) is 39.6 Å². The lowest BCUT2D eigenvalue weighted by molar-refractivity contribution is -0.135. The van der Waals surface area contributed by atoms with Crippen LogP contribution in [0.2, 0.25) is 10.0 Å². The van der Waals surface area contributed by atoms with Gasteiger partial charge in [-0.15, -0.1) is 5.10 Å². The highest BCUT2D eigenvalue weighted by atomic mass is 35.5. The van der Waals surface area contributed by atoms with Gasteiger partial charge in [-0.25, -0.2) is 4.68 Å². The fraction of sp³-hybridized carbons (Fsp3) is 0.231. The lowest BCUT2D eigenvalue weighted by atomic mass is 10.2. The highest BCUT2D eigenvalue weighted by molar-refractivity contribution is 6.34. The molecule has 0 atom stereocenters. The van der Waals surface area contributed by atoms with E-state index in [-0.39, 0.29) is 5.69 Å². The summed E-state index contributed by atoms with van der Waals surface area (Å²) in [5.41, 5.74) is 1.06. The predicted octanol–water partition coefficient (Wildman–Crippen LogP) is 1.95. The summed E-state index contributed by atoms with van der Waals surface area (Å²) in [5.74, 6) is -1.75. The van der Waals surface area contributed by atoms with Crippen LogP contribution in [0.25, 0.3) is 5.69 Å². The molecule has 9 heteroatoms. The summed E-state index contributed by atoms with van der Waals surface area (Å²) in [6.45, 7) is 1.33. The first kappa shape index (κ1) is 16.3. The van der Waals surface area contributed by atoms with Gasteiger partial charge in [-0.2, -0.15) is 0 Å². The molecule has 0 saturated heterocycles. The van der Waals surface area contributed by atoms with Gasteiger partial charge < -0.3 is 10.4 Å². The Labute approximate surface area is 135 Å². The normalized spacial score (nSPS) is 10.5. The first-order valence-electron chi connectivity index (χ1n) is 6.34. The number of hydrogen-bond donors (Lipinski definition) is 2. The molecule has 0 aliphatic heterocycles. The van der Waals surface area contributed by atoms with Gasteiger partial charge in [0.1, 0.15) is 6.54 Å². The summed E-state index contributed by atoms with van der Waals surface area (Å²) in [6.07, 6.45) is 0.450. The standard InChI is InChI=1S/C13H12Cl2N4O3/c1-2-9-12(13(22)16-6-11(20)21)17-18-19(9)10-5-7(14)3-4-8(10)15/h3-5H,2,6H2,1H3,(H,16,22)(H,20,21). The van der Waals surface area contributed by atoms with E-state index in [1.807, 2.05) is 6.92 Å². The third-order valence-electron chi connectivity index (χ3n) is 2.85. The van der Waals surface area contributed by atoms with E-state index in [0.29, 0.717) is 27.8 Å². The second kappa shape index (κ2) is 6.76. The number of hydrogen-bond acceptors (Lipinski definition) is 4. The summed E-state index contributed by atoms with van der Waals surface area (Å²) >= 11 is 12.1. The Bertz CT molecular complexity index is 730. The monoisotopic (exact) mass is 342 g/mol. The Hall–Kier alpha value is -2.12. The number of carboxylic acids is 1. The minimum Gasteiger partial charge on any atom is -0.480 e. The number of amides is 1. The zero-order valence-corrected chi connectivity index (χ0v) is 13.0. The Kier molecular flexibility index (Phi) is 4.99. The minimum absolute atomic E-state index is 0.0554. The van der Waals surface area contributed by atoms with Crippen LogP contribution >= 0.6 is 23.2 Å². The van der Waals surface area contributed by atoms with E-state index >= 15 is 0 Å². The Morgan fingerprint density at radius 3 is 2.73 bits per heavy atom. The summed E-state index contributed by atoms with van der Waals surface area (Å²) in [6, 6.07) is 4.86. The first-order chi connectivity index (χ1) is 10.4. The van der Waals surface area contributed by atoms with E-state index in [9.17, 15) is 9.59 Å². The zero-order chi connectivity index (χ0) is 16.3. The molecule has 0 bridgehead atoms. The molecule has 1 aromatic heterocycles. The molecule has 0 radical (unpaired) electrons. The van der Waals surface area contributed by atoms with Gasteiger partial charge in [0.05, 0.1) is 16.4 Å². The average molecular weight is 343 g/mol. The average Bonchev–Trinajstić information content (AvgIpc) is 2.90. The van der Waals surface area contributed by atoms with Crippen molar-refractivity contribution >= 4 is 35.1 Å². The van der Waals surface area contributed by atoms with Crippen LogP contribution < -0.4 is 5.32 Å². The lowest BCUT2D eigenvalue weighted by Gasteiger charge is -2.08. The van der Waals surface area contributed by atoms with Crippen molar-refractivity contribution in [2.75, 3.05) is 6.54 Å². The molecular weight excluding hydrogens is 331 g/mol. The van der Waals surface area contributed by atoms with Gasteiger partial charge >= 0.3 is 5.97 Å². The molecule has 7 nitrogen and oxygen atoms in total.